The monoisotopic (exact) mass is 915 g/mol. The molecule has 0 heterocycles. The van der Waals surface area contributed by atoms with Crippen molar-refractivity contribution < 1.29 is 65.7 Å². The number of benzene rings is 3. The second kappa shape index (κ2) is 24.9. The Morgan fingerprint density at radius 3 is 1.52 bits per heavy atom. The SMILES string of the molecule is NC(=O)[C@H](Cc1ccc(O)cc1)NCC(=O)[C@H](CS)NC(=O)CCC(=O)N[C@@H](CC(=O)O)C(=O)N[C@@H](Cc1ccc(OS(=O)(=O)O)cc1)C(=O)CN[C@@H](Cc1ccccc1)C(N)=O. The van der Waals surface area contributed by atoms with Crippen molar-refractivity contribution in [2.45, 2.75) is 68.7 Å². The Bertz CT molecular complexity index is 2200. The molecule has 0 spiro atoms. The zero-order chi connectivity index (χ0) is 46.7. The first-order valence-corrected chi connectivity index (χ1v) is 21.1. The van der Waals surface area contributed by atoms with Crippen LogP contribution in [0.4, 0.5) is 0 Å². The average molecular weight is 916 g/mol. The lowest BCUT2D eigenvalue weighted by Crippen LogP contribution is -2.55. The Kier molecular flexibility index (Phi) is 20.1. The number of carbonyl (C=O) groups is 8. The highest BCUT2D eigenvalue weighted by molar-refractivity contribution is 7.81. The van der Waals surface area contributed by atoms with Crippen LogP contribution in [0.2, 0.25) is 0 Å². The number of ketones is 2. The summed E-state index contributed by atoms with van der Waals surface area (Å²) in [4.78, 5) is 102. The smallest absolute Gasteiger partial charge is 0.446 e. The highest BCUT2D eigenvalue weighted by atomic mass is 32.3. The lowest BCUT2D eigenvalue weighted by Gasteiger charge is -2.23. The van der Waals surface area contributed by atoms with Crippen molar-refractivity contribution in [3.63, 3.8) is 0 Å². The summed E-state index contributed by atoms with van der Waals surface area (Å²) < 4.78 is 35.6. The molecule has 3 aromatic carbocycles. The number of aromatic hydroxyl groups is 1. The lowest BCUT2D eigenvalue weighted by molar-refractivity contribution is -0.141. The maximum absolute atomic E-state index is 13.6. The molecule has 0 aliphatic rings. The molecule has 23 heteroatoms. The summed E-state index contributed by atoms with van der Waals surface area (Å²) >= 11 is 4.11. The zero-order valence-corrected chi connectivity index (χ0v) is 35.3. The second-order valence-electron chi connectivity index (χ2n) is 14.1. The molecule has 0 radical (unpaired) electrons. The fraction of sp³-hybridized carbons (Fsp3) is 0.350. The summed E-state index contributed by atoms with van der Waals surface area (Å²) in [5, 5.41) is 31.7. The molecule has 21 nitrogen and oxygen atoms in total. The highest BCUT2D eigenvalue weighted by Crippen LogP contribution is 2.16. The Morgan fingerprint density at radius 1 is 0.619 bits per heavy atom. The van der Waals surface area contributed by atoms with E-state index in [0.717, 1.165) is 17.7 Å². The molecule has 63 heavy (non-hydrogen) atoms. The Balaban J connectivity index is 1.66. The van der Waals surface area contributed by atoms with Crippen LogP contribution in [0.15, 0.2) is 78.9 Å². The Hall–Kier alpha value is -6.40. The molecule has 5 amide bonds. The van der Waals surface area contributed by atoms with Crippen molar-refractivity contribution in [1.82, 2.24) is 26.6 Å². The minimum atomic E-state index is -4.85. The van der Waals surface area contributed by atoms with E-state index in [1.807, 2.05) is 0 Å². The van der Waals surface area contributed by atoms with Crippen molar-refractivity contribution in [3.05, 3.63) is 95.6 Å². The minimum Gasteiger partial charge on any atom is -0.508 e. The summed E-state index contributed by atoms with van der Waals surface area (Å²) in [6.45, 7) is -0.909. The molecule has 5 atom stereocenters. The van der Waals surface area contributed by atoms with Gasteiger partial charge in [0.1, 0.15) is 17.5 Å². The number of carboxylic acids is 1. The average Bonchev–Trinajstić information content (AvgIpc) is 3.22. The molecular formula is C40H49N7O14S2. The topological polar surface area (TPSA) is 353 Å². The van der Waals surface area contributed by atoms with Gasteiger partial charge in [-0.15, -0.1) is 0 Å². The van der Waals surface area contributed by atoms with Crippen molar-refractivity contribution in [1.29, 1.82) is 0 Å². The van der Waals surface area contributed by atoms with Gasteiger partial charge in [-0.2, -0.15) is 21.0 Å². The molecule has 0 saturated carbocycles. The number of hydrogen-bond acceptors (Lipinski definition) is 15. The normalized spacial score (nSPS) is 13.6. The molecule has 0 aromatic heterocycles. The molecule has 0 unspecified atom stereocenters. The number of thiol groups is 1. The summed E-state index contributed by atoms with van der Waals surface area (Å²) in [6.07, 6.45) is -2.09. The highest BCUT2D eigenvalue weighted by Gasteiger charge is 2.30. The second-order valence-corrected chi connectivity index (χ2v) is 15.5. The molecule has 3 aromatic rings. The standard InChI is InChI=1S/C40H49N7O14S2/c41-38(55)29(17-23-4-2-1-3-5-23)43-20-33(49)28(16-25-8-12-27(13-9-25)61-63(58,59)60)47-40(57)31(19-37(53)54)45-35(51)14-15-36(52)46-32(22-62)34(50)21-44-30(39(42)56)18-24-6-10-26(48)11-7-24/h1-13,28-32,43-44,48,62H,14-22H2,(H2,41,55)(H2,42,56)(H,45,51)(H,46,52)(H,47,57)(H,53,54)(H,58,59,60)/t28-,29-,30-,31-,32-/m0/s1. The van der Waals surface area contributed by atoms with Gasteiger partial charge in [0.15, 0.2) is 11.6 Å². The Labute approximate surface area is 367 Å². The molecule has 12 N–H and O–H groups in total. The minimum absolute atomic E-state index is 0.0177. The van der Waals surface area contributed by atoms with E-state index >= 15 is 0 Å². The first-order chi connectivity index (χ1) is 29.7. The van der Waals surface area contributed by atoms with Gasteiger partial charge >= 0.3 is 16.4 Å². The van der Waals surface area contributed by atoms with Gasteiger partial charge < -0.3 is 41.8 Å². The quantitative estimate of drug-likeness (QED) is 0.0285. The van der Waals surface area contributed by atoms with E-state index in [2.05, 4.69) is 43.4 Å². The molecular weight excluding hydrogens is 867 g/mol. The summed E-state index contributed by atoms with van der Waals surface area (Å²) in [5.74, 6) is -7.56. The van der Waals surface area contributed by atoms with Crippen LogP contribution in [-0.2, 0) is 68.0 Å². The molecule has 340 valence electrons. The van der Waals surface area contributed by atoms with Gasteiger partial charge in [-0.1, -0.05) is 54.6 Å². The van der Waals surface area contributed by atoms with Crippen LogP contribution in [0.1, 0.15) is 36.0 Å². The molecule has 0 saturated heterocycles. The number of phenolic OH excluding ortho intramolecular Hbond substituents is 1. The van der Waals surface area contributed by atoms with Crippen LogP contribution in [0, 0.1) is 0 Å². The molecule has 0 bridgehead atoms. The third-order valence-electron chi connectivity index (χ3n) is 9.18. The van der Waals surface area contributed by atoms with Crippen molar-refractivity contribution in [2.24, 2.45) is 11.5 Å². The number of amides is 5. The molecule has 0 fully saturated rings. The number of rotatable bonds is 28. The maximum Gasteiger partial charge on any atom is 0.446 e. The van der Waals surface area contributed by atoms with E-state index in [1.54, 1.807) is 42.5 Å². The predicted octanol–water partition coefficient (Wildman–Crippen LogP) is -1.73. The van der Waals surface area contributed by atoms with Gasteiger partial charge in [0.25, 0.3) is 0 Å². The number of carboxylic acid groups (broad SMARTS) is 1. The lowest BCUT2D eigenvalue weighted by atomic mass is 10.00. The van der Waals surface area contributed by atoms with Gasteiger partial charge in [0, 0.05) is 18.6 Å². The number of Topliss-reactive ketones (excluding diaryl/α,β-unsaturated/α-hetero) is 2. The summed E-state index contributed by atoms with van der Waals surface area (Å²) in [5.41, 5.74) is 12.7. The third-order valence-corrected chi connectivity index (χ3v) is 9.95. The number of phenols is 1. The van der Waals surface area contributed by atoms with Gasteiger partial charge in [-0.25, -0.2) is 0 Å². The van der Waals surface area contributed by atoms with Crippen LogP contribution in [0.5, 0.6) is 11.5 Å². The summed E-state index contributed by atoms with van der Waals surface area (Å²) in [7, 11) is -4.85. The van der Waals surface area contributed by atoms with E-state index in [4.69, 9.17) is 16.0 Å². The first-order valence-electron chi connectivity index (χ1n) is 19.1. The van der Waals surface area contributed by atoms with Crippen molar-refractivity contribution in [3.8, 4) is 11.5 Å². The zero-order valence-electron chi connectivity index (χ0n) is 33.6. The van der Waals surface area contributed by atoms with Crippen LogP contribution in [-0.4, -0.2) is 119 Å². The van der Waals surface area contributed by atoms with Crippen LogP contribution < -0.4 is 42.2 Å². The van der Waals surface area contributed by atoms with Crippen LogP contribution >= 0.6 is 12.6 Å². The number of nitrogens with one attached hydrogen (secondary N) is 5. The van der Waals surface area contributed by atoms with Gasteiger partial charge in [0.2, 0.25) is 29.5 Å². The third kappa shape index (κ3) is 19.0. The van der Waals surface area contributed by atoms with E-state index in [0.29, 0.717) is 11.1 Å². The Morgan fingerprint density at radius 2 is 1.06 bits per heavy atom. The fourth-order valence-electron chi connectivity index (χ4n) is 5.89. The number of carbonyl (C=O) groups excluding carboxylic acids is 7. The van der Waals surface area contributed by atoms with Crippen LogP contribution in [0.3, 0.4) is 0 Å². The first kappa shape index (κ1) is 51.0. The van der Waals surface area contributed by atoms with Crippen molar-refractivity contribution in [2.75, 3.05) is 18.8 Å². The maximum atomic E-state index is 13.6. The van der Waals surface area contributed by atoms with Crippen LogP contribution in [0.25, 0.3) is 0 Å². The molecule has 0 aliphatic carbocycles. The van der Waals surface area contributed by atoms with E-state index in [-0.39, 0.29) is 36.5 Å². The molecule has 3 rings (SSSR count). The van der Waals surface area contributed by atoms with E-state index < -0.39 is 120 Å². The summed E-state index contributed by atoms with van der Waals surface area (Å²) in [6, 6.07) is 13.3. The fourth-order valence-corrected chi connectivity index (χ4v) is 6.54. The number of primary amides is 2. The van der Waals surface area contributed by atoms with Gasteiger partial charge in [-0.05, 0) is 60.2 Å². The number of hydrogen-bond donors (Lipinski definition) is 11. The van der Waals surface area contributed by atoms with Gasteiger partial charge in [-0.3, -0.25) is 53.5 Å². The predicted molar refractivity (Wildman–Crippen MR) is 227 cm³/mol. The number of nitrogens with two attached hydrogens (primary N) is 2. The number of aliphatic carboxylic acids is 1. The largest absolute Gasteiger partial charge is 0.508 e. The van der Waals surface area contributed by atoms with E-state index in [1.165, 1.54) is 24.3 Å². The van der Waals surface area contributed by atoms with Gasteiger partial charge in [0.05, 0.1) is 43.7 Å². The van der Waals surface area contributed by atoms with Crippen molar-refractivity contribution >= 4 is 70.1 Å². The van der Waals surface area contributed by atoms with E-state index in [9.17, 15) is 57.0 Å². The molecule has 0 aliphatic heterocycles.